The highest BCUT2D eigenvalue weighted by Crippen LogP contribution is 2.29. The van der Waals surface area contributed by atoms with E-state index in [1.807, 2.05) is 25.7 Å². The molecule has 2 aromatic rings. The molecule has 0 aliphatic carbocycles. The highest BCUT2D eigenvalue weighted by atomic mass is 35.5. The summed E-state index contributed by atoms with van der Waals surface area (Å²) in [5.41, 5.74) is 1.88. The molecule has 1 fully saturated rings. The number of carbonyl (C=O) groups is 3. The number of ketones is 1. The van der Waals surface area contributed by atoms with Gasteiger partial charge >= 0.3 is 0 Å². The van der Waals surface area contributed by atoms with Gasteiger partial charge in [-0.15, -0.1) is 0 Å². The molecule has 0 unspecified atom stereocenters. The van der Waals surface area contributed by atoms with Crippen LogP contribution >= 0.6 is 11.6 Å². The van der Waals surface area contributed by atoms with Crippen molar-refractivity contribution in [3.05, 3.63) is 64.2 Å². The number of halogens is 1. The van der Waals surface area contributed by atoms with Gasteiger partial charge in [0.15, 0.2) is 0 Å². The maximum absolute atomic E-state index is 13.3. The number of nitrogens with one attached hydrogen (secondary N) is 1. The van der Waals surface area contributed by atoms with Crippen LogP contribution in [0, 0.1) is 6.92 Å². The van der Waals surface area contributed by atoms with Crippen LogP contribution in [0.2, 0.25) is 5.02 Å². The topological polar surface area (TPSA) is 66.5 Å². The van der Waals surface area contributed by atoms with Gasteiger partial charge in [-0.2, -0.15) is 0 Å². The van der Waals surface area contributed by atoms with Gasteiger partial charge in [-0.05, 0) is 58.2 Å². The fourth-order valence-corrected chi connectivity index (χ4v) is 3.95. The first-order chi connectivity index (χ1) is 13.8. The number of anilines is 1. The summed E-state index contributed by atoms with van der Waals surface area (Å²) in [7, 11) is 0. The highest BCUT2D eigenvalue weighted by molar-refractivity contribution is 6.46. The van der Waals surface area contributed by atoms with E-state index in [0.29, 0.717) is 16.1 Å². The van der Waals surface area contributed by atoms with Gasteiger partial charge in [-0.1, -0.05) is 41.4 Å². The summed E-state index contributed by atoms with van der Waals surface area (Å²) in [6.45, 7) is 5.96. The molecule has 5 nitrogen and oxygen atoms in total. The third-order valence-electron chi connectivity index (χ3n) is 5.41. The molecular weight excluding hydrogens is 388 g/mol. The Balaban J connectivity index is 1.86. The van der Waals surface area contributed by atoms with Gasteiger partial charge in [0.25, 0.3) is 17.6 Å². The van der Waals surface area contributed by atoms with E-state index < -0.39 is 11.7 Å². The number of rotatable bonds is 4. The summed E-state index contributed by atoms with van der Waals surface area (Å²) in [5.74, 6) is -1.63. The second-order valence-electron chi connectivity index (χ2n) is 7.68. The first-order valence-electron chi connectivity index (χ1n) is 9.82. The number of benzene rings is 2. The number of likely N-dealkylation sites (tertiary alicyclic amines) is 1. The van der Waals surface area contributed by atoms with Crippen molar-refractivity contribution in [2.24, 2.45) is 0 Å². The van der Waals surface area contributed by atoms with Crippen LogP contribution in [0.5, 0.6) is 0 Å². The number of hydrogen-bond acceptors (Lipinski definition) is 3. The lowest BCUT2D eigenvalue weighted by Crippen LogP contribution is -2.47. The van der Waals surface area contributed by atoms with Gasteiger partial charge in [-0.3, -0.25) is 14.4 Å². The van der Waals surface area contributed by atoms with Crippen LogP contribution in [0.25, 0.3) is 0 Å². The van der Waals surface area contributed by atoms with Crippen molar-refractivity contribution in [2.45, 2.75) is 52.1 Å². The lowest BCUT2D eigenvalue weighted by atomic mass is 9.96. The Morgan fingerprint density at radius 1 is 1.00 bits per heavy atom. The Labute approximate surface area is 176 Å². The summed E-state index contributed by atoms with van der Waals surface area (Å²) in [6, 6.07) is 11.7. The normalized spacial score (nSPS) is 19.0. The molecule has 1 aliphatic heterocycles. The Kier molecular flexibility index (Phi) is 6.38. The number of piperidine rings is 1. The predicted octanol–water partition coefficient (Wildman–Crippen LogP) is 4.87. The van der Waals surface area contributed by atoms with Crippen LogP contribution in [0.4, 0.5) is 5.69 Å². The first-order valence-corrected chi connectivity index (χ1v) is 10.2. The molecule has 0 saturated carbocycles. The average Bonchev–Trinajstić information content (AvgIpc) is 2.69. The fraction of sp³-hybridized carbons (Fsp3) is 0.348. The van der Waals surface area contributed by atoms with Gasteiger partial charge in [0.05, 0.1) is 11.3 Å². The van der Waals surface area contributed by atoms with Crippen molar-refractivity contribution in [1.29, 1.82) is 0 Å². The van der Waals surface area contributed by atoms with Gasteiger partial charge in [-0.25, -0.2) is 0 Å². The quantitative estimate of drug-likeness (QED) is 0.575. The Bertz CT molecular complexity index is 930. The van der Waals surface area contributed by atoms with Crippen LogP contribution in [-0.4, -0.2) is 34.6 Å². The highest BCUT2D eigenvalue weighted by Gasteiger charge is 2.31. The second-order valence-corrected chi connectivity index (χ2v) is 8.12. The van der Waals surface area contributed by atoms with E-state index in [0.717, 1.165) is 24.8 Å². The summed E-state index contributed by atoms with van der Waals surface area (Å²) >= 11 is 6.13. The van der Waals surface area contributed by atoms with Crippen molar-refractivity contribution >= 4 is 34.9 Å². The summed E-state index contributed by atoms with van der Waals surface area (Å²) in [5, 5.41) is 3.00. The van der Waals surface area contributed by atoms with Gasteiger partial charge in [0.2, 0.25) is 0 Å². The zero-order chi connectivity index (χ0) is 21.1. The molecule has 1 heterocycles. The molecule has 0 bridgehead atoms. The zero-order valence-electron chi connectivity index (χ0n) is 16.9. The van der Waals surface area contributed by atoms with E-state index in [1.165, 1.54) is 0 Å². The maximum Gasteiger partial charge on any atom is 0.296 e. The molecule has 3 rings (SSSR count). The number of hydrogen-bond donors (Lipinski definition) is 1. The molecule has 1 saturated heterocycles. The van der Waals surface area contributed by atoms with Crippen molar-refractivity contribution in [2.75, 3.05) is 5.32 Å². The molecule has 1 N–H and O–H groups in total. The Hall–Kier alpha value is -2.66. The number of amides is 2. The second kappa shape index (κ2) is 8.78. The third kappa shape index (κ3) is 4.67. The number of carbonyl (C=O) groups excluding carboxylic acids is 3. The predicted molar refractivity (Wildman–Crippen MR) is 115 cm³/mol. The van der Waals surface area contributed by atoms with Crippen LogP contribution in [0.1, 0.15) is 59.4 Å². The van der Waals surface area contributed by atoms with E-state index in [2.05, 4.69) is 5.32 Å². The average molecular weight is 413 g/mol. The smallest absolute Gasteiger partial charge is 0.296 e. The van der Waals surface area contributed by atoms with Gasteiger partial charge in [0, 0.05) is 22.7 Å². The van der Waals surface area contributed by atoms with Crippen molar-refractivity contribution in [3.63, 3.8) is 0 Å². The van der Waals surface area contributed by atoms with E-state index in [-0.39, 0.29) is 23.7 Å². The molecule has 152 valence electrons. The molecule has 0 aromatic heterocycles. The maximum atomic E-state index is 13.3. The summed E-state index contributed by atoms with van der Waals surface area (Å²) in [6.07, 6.45) is 2.95. The number of aryl methyl sites for hydroxylation is 1. The van der Waals surface area contributed by atoms with Crippen LogP contribution in [0.15, 0.2) is 42.5 Å². The van der Waals surface area contributed by atoms with Crippen LogP contribution in [-0.2, 0) is 4.79 Å². The Morgan fingerprint density at radius 2 is 1.62 bits per heavy atom. The van der Waals surface area contributed by atoms with Crippen LogP contribution in [0.3, 0.4) is 0 Å². The summed E-state index contributed by atoms with van der Waals surface area (Å²) in [4.78, 5) is 40.1. The fourth-order valence-electron chi connectivity index (χ4n) is 3.78. The SMILES string of the molecule is Cc1ccc(C(=O)C(=O)Nc2ccc(Cl)cc2C(=O)N2[C@@H](C)CCC[C@@H]2C)cc1. The lowest BCUT2D eigenvalue weighted by molar-refractivity contribution is -0.112. The molecule has 2 amide bonds. The van der Waals surface area contributed by atoms with Crippen molar-refractivity contribution in [3.8, 4) is 0 Å². The summed E-state index contributed by atoms with van der Waals surface area (Å²) < 4.78 is 0. The van der Waals surface area contributed by atoms with E-state index in [4.69, 9.17) is 11.6 Å². The number of Topliss-reactive ketones (excluding diaryl/α,β-unsaturated/α-hetero) is 1. The standard InChI is InChI=1S/C23H25ClN2O3/c1-14-7-9-17(10-8-14)21(27)22(28)25-20-12-11-18(24)13-19(20)23(29)26-15(2)5-4-6-16(26)3/h7-13,15-16H,4-6H2,1-3H3,(H,25,28)/t15-,16-/m0/s1. The minimum atomic E-state index is -0.787. The lowest BCUT2D eigenvalue weighted by Gasteiger charge is -2.39. The third-order valence-corrected chi connectivity index (χ3v) is 5.64. The molecule has 6 heteroatoms. The van der Waals surface area contributed by atoms with Crippen LogP contribution < -0.4 is 5.32 Å². The minimum Gasteiger partial charge on any atom is -0.333 e. The van der Waals surface area contributed by atoms with Gasteiger partial charge < -0.3 is 10.2 Å². The van der Waals surface area contributed by atoms with Crippen molar-refractivity contribution in [1.82, 2.24) is 4.90 Å². The van der Waals surface area contributed by atoms with Crippen molar-refractivity contribution < 1.29 is 14.4 Å². The molecule has 0 radical (unpaired) electrons. The first kappa shape index (κ1) is 21.1. The number of nitrogens with zero attached hydrogens (tertiary/aromatic N) is 1. The Morgan fingerprint density at radius 3 is 2.24 bits per heavy atom. The van der Waals surface area contributed by atoms with Gasteiger partial charge in [0.1, 0.15) is 0 Å². The molecule has 1 aliphatic rings. The van der Waals surface area contributed by atoms with E-state index in [9.17, 15) is 14.4 Å². The molecular formula is C23H25ClN2O3. The minimum absolute atomic E-state index is 0.1000. The van der Waals surface area contributed by atoms with E-state index in [1.54, 1.807) is 42.5 Å². The molecule has 29 heavy (non-hydrogen) atoms. The molecule has 2 atom stereocenters. The zero-order valence-corrected chi connectivity index (χ0v) is 17.6. The van der Waals surface area contributed by atoms with E-state index >= 15 is 0 Å². The molecule has 2 aromatic carbocycles. The monoisotopic (exact) mass is 412 g/mol. The largest absolute Gasteiger partial charge is 0.333 e. The molecule has 0 spiro atoms.